The van der Waals surface area contributed by atoms with E-state index in [1.165, 1.54) is 11.3 Å². The number of carbonyl (C=O) groups is 1. The number of carboxylic acids is 1. The number of hydrogen-bond acceptors (Lipinski definition) is 6. The summed E-state index contributed by atoms with van der Waals surface area (Å²) in [5.74, 6) is -0.402. The molecule has 0 saturated carbocycles. The van der Waals surface area contributed by atoms with Crippen LogP contribution in [0.15, 0.2) is 22.0 Å². The van der Waals surface area contributed by atoms with Gasteiger partial charge in [-0.1, -0.05) is 16.4 Å². The average Bonchev–Trinajstić information content (AvgIpc) is 3.14. The second-order valence-corrected chi connectivity index (χ2v) is 5.48. The molecular formula is C13H12N4O3S. The molecule has 0 unspecified atom stereocenters. The molecule has 0 aliphatic rings. The lowest BCUT2D eigenvalue weighted by Crippen LogP contribution is -2.06. The smallest absolute Gasteiger partial charge is 0.358 e. The van der Waals surface area contributed by atoms with E-state index >= 15 is 0 Å². The van der Waals surface area contributed by atoms with Crippen LogP contribution in [0.3, 0.4) is 0 Å². The number of aromatic carboxylic acids is 1. The molecule has 0 saturated heterocycles. The first kappa shape index (κ1) is 13.5. The van der Waals surface area contributed by atoms with Crippen LogP contribution in [0.5, 0.6) is 0 Å². The van der Waals surface area contributed by atoms with Gasteiger partial charge in [-0.25, -0.2) is 9.48 Å². The SMILES string of the molecule is Cc1noc(C)c1Cn1nnc(C(=O)O)c1-c1cccs1. The van der Waals surface area contributed by atoms with E-state index in [0.717, 1.165) is 16.1 Å². The molecule has 7 nitrogen and oxygen atoms in total. The van der Waals surface area contributed by atoms with Gasteiger partial charge in [0, 0.05) is 5.56 Å². The largest absolute Gasteiger partial charge is 0.476 e. The van der Waals surface area contributed by atoms with Crippen molar-refractivity contribution in [2.24, 2.45) is 0 Å². The summed E-state index contributed by atoms with van der Waals surface area (Å²) in [6, 6.07) is 3.71. The van der Waals surface area contributed by atoms with E-state index in [9.17, 15) is 9.90 Å². The molecule has 0 fully saturated rings. The zero-order chi connectivity index (χ0) is 15.0. The number of carboxylic acid groups (broad SMARTS) is 1. The number of thiophene rings is 1. The maximum Gasteiger partial charge on any atom is 0.358 e. The Bertz CT molecular complexity index is 769. The minimum Gasteiger partial charge on any atom is -0.476 e. The summed E-state index contributed by atoms with van der Waals surface area (Å²) in [5.41, 5.74) is 2.09. The number of aryl methyl sites for hydroxylation is 2. The summed E-state index contributed by atoms with van der Waals surface area (Å²) in [7, 11) is 0. The first-order valence-corrected chi connectivity index (χ1v) is 7.08. The van der Waals surface area contributed by atoms with Crippen molar-refractivity contribution >= 4 is 17.3 Å². The summed E-state index contributed by atoms with van der Waals surface area (Å²) in [6.07, 6.45) is 0. The van der Waals surface area contributed by atoms with Crippen LogP contribution in [0, 0.1) is 13.8 Å². The number of aromatic nitrogens is 4. The predicted molar refractivity (Wildman–Crippen MR) is 75.4 cm³/mol. The Morgan fingerprint density at radius 1 is 1.48 bits per heavy atom. The lowest BCUT2D eigenvalue weighted by molar-refractivity contribution is 0.0691. The van der Waals surface area contributed by atoms with Crippen LogP contribution in [0.1, 0.15) is 27.5 Å². The molecule has 0 atom stereocenters. The van der Waals surface area contributed by atoms with E-state index in [1.54, 1.807) is 4.68 Å². The van der Waals surface area contributed by atoms with Crippen LogP contribution in [0.2, 0.25) is 0 Å². The van der Waals surface area contributed by atoms with E-state index in [2.05, 4.69) is 15.5 Å². The van der Waals surface area contributed by atoms with Crippen LogP contribution in [-0.4, -0.2) is 31.2 Å². The maximum atomic E-state index is 11.3. The van der Waals surface area contributed by atoms with Gasteiger partial charge in [0.15, 0.2) is 5.69 Å². The van der Waals surface area contributed by atoms with E-state index in [1.807, 2.05) is 31.4 Å². The summed E-state index contributed by atoms with van der Waals surface area (Å²) in [6.45, 7) is 4.02. The van der Waals surface area contributed by atoms with Crippen molar-refractivity contribution in [2.45, 2.75) is 20.4 Å². The van der Waals surface area contributed by atoms with Crippen LogP contribution >= 0.6 is 11.3 Å². The third kappa shape index (κ3) is 2.33. The van der Waals surface area contributed by atoms with Gasteiger partial charge >= 0.3 is 5.97 Å². The molecule has 3 heterocycles. The topological polar surface area (TPSA) is 94.0 Å². The second kappa shape index (κ2) is 5.13. The van der Waals surface area contributed by atoms with Crippen LogP contribution in [0.25, 0.3) is 10.6 Å². The second-order valence-electron chi connectivity index (χ2n) is 4.53. The zero-order valence-electron chi connectivity index (χ0n) is 11.4. The molecule has 3 rings (SSSR count). The third-order valence-corrected chi connectivity index (χ3v) is 4.06. The highest BCUT2D eigenvalue weighted by atomic mass is 32.1. The summed E-state index contributed by atoms with van der Waals surface area (Å²) in [4.78, 5) is 12.1. The Labute approximate surface area is 123 Å². The quantitative estimate of drug-likeness (QED) is 0.795. The molecule has 0 bridgehead atoms. The van der Waals surface area contributed by atoms with Crippen molar-refractivity contribution in [1.82, 2.24) is 20.2 Å². The summed E-state index contributed by atoms with van der Waals surface area (Å²) < 4.78 is 6.70. The van der Waals surface area contributed by atoms with E-state index in [-0.39, 0.29) is 5.69 Å². The molecule has 0 aliphatic carbocycles. The Morgan fingerprint density at radius 2 is 2.29 bits per heavy atom. The Balaban J connectivity index is 2.09. The highest BCUT2D eigenvalue weighted by Crippen LogP contribution is 2.28. The van der Waals surface area contributed by atoms with Crippen molar-refractivity contribution in [2.75, 3.05) is 0 Å². The molecule has 0 radical (unpaired) electrons. The summed E-state index contributed by atoms with van der Waals surface area (Å²) in [5, 5.41) is 22.8. The zero-order valence-corrected chi connectivity index (χ0v) is 12.2. The summed E-state index contributed by atoms with van der Waals surface area (Å²) >= 11 is 1.44. The van der Waals surface area contributed by atoms with Crippen molar-refractivity contribution in [3.8, 4) is 10.6 Å². The standard InChI is InChI=1S/C13H12N4O3S/c1-7-9(8(2)20-15-7)6-17-12(10-4-3-5-21-10)11(13(18)19)14-16-17/h3-5H,6H2,1-2H3,(H,18,19). The first-order chi connectivity index (χ1) is 10.1. The van der Waals surface area contributed by atoms with Crippen molar-refractivity contribution in [3.05, 3.63) is 40.2 Å². The molecule has 0 amide bonds. The molecule has 0 aromatic carbocycles. The van der Waals surface area contributed by atoms with Crippen molar-refractivity contribution < 1.29 is 14.4 Å². The lowest BCUT2D eigenvalue weighted by atomic mass is 10.2. The van der Waals surface area contributed by atoms with Gasteiger partial charge in [0.05, 0.1) is 17.1 Å². The number of hydrogen-bond donors (Lipinski definition) is 1. The molecule has 108 valence electrons. The van der Waals surface area contributed by atoms with Crippen LogP contribution < -0.4 is 0 Å². The Kier molecular flexibility index (Phi) is 3.30. The molecule has 0 spiro atoms. The molecular weight excluding hydrogens is 292 g/mol. The fourth-order valence-corrected chi connectivity index (χ4v) is 2.88. The first-order valence-electron chi connectivity index (χ1n) is 6.20. The highest BCUT2D eigenvalue weighted by Gasteiger charge is 2.22. The normalized spacial score (nSPS) is 11.0. The van der Waals surface area contributed by atoms with Gasteiger partial charge in [0.1, 0.15) is 11.5 Å². The van der Waals surface area contributed by atoms with Crippen molar-refractivity contribution in [3.63, 3.8) is 0 Å². The monoisotopic (exact) mass is 304 g/mol. The fraction of sp³-hybridized carbons (Fsp3) is 0.231. The van der Waals surface area contributed by atoms with Crippen LogP contribution in [-0.2, 0) is 6.54 Å². The Morgan fingerprint density at radius 3 is 2.86 bits per heavy atom. The molecule has 3 aromatic rings. The highest BCUT2D eigenvalue weighted by molar-refractivity contribution is 7.13. The van der Waals surface area contributed by atoms with E-state index in [0.29, 0.717) is 18.0 Å². The maximum absolute atomic E-state index is 11.3. The predicted octanol–water partition coefficient (Wildman–Crippen LogP) is 2.36. The third-order valence-electron chi connectivity index (χ3n) is 3.18. The van der Waals surface area contributed by atoms with Gasteiger partial charge in [-0.2, -0.15) is 0 Å². The van der Waals surface area contributed by atoms with Gasteiger partial charge < -0.3 is 9.63 Å². The molecule has 3 aromatic heterocycles. The van der Waals surface area contributed by atoms with Gasteiger partial charge in [-0.3, -0.25) is 0 Å². The van der Waals surface area contributed by atoms with Gasteiger partial charge in [0.25, 0.3) is 0 Å². The Hall–Kier alpha value is -2.48. The number of nitrogens with zero attached hydrogens (tertiary/aromatic N) is 4. The van der Waals surface area contributed by atoms with Gasteiger partial charge in [-0.05, 0) is 25.3 Å². The van der Waals surface area contributed by atoms with Gasteiger partial charge in [0.2, 0.25) is 0 Å². The molecule has 1 N–H and O–H groups in total. The van der Waals surface area contributed by atoms with Crippen molar-refractivity contribution in [1.29, 1.82) is 0 Å². The lowest BCUT2D eigenvalue weighted by Gasteiger charge is -2.05. The van der Waals surface area contributed by atoms with E-state index < -0.39 is 5.97 Å². The minimum atomic E-state index is -1.09. The average molecular weight is 304 g/mol. The minimum absolute atomic E-state index is 0.0517. The van der Waals surface area contributed by atoms with E-state index in [4.69, 9.17) is 4.52 Å². The fourth-order valence-electron chi connectivity index (χ4n) is 2.10. The number of rotatable bonds is 4. The van der Waals surface area contributed by atoms with Gasteiger partial charge in [-0.15, -0.1) is 16.4 Å². The molecule has 8 heteroatoms. The molecule has 21 heavy (non-hydrogen) atoms. The van der Waals surface area contributed by atoms with Crippen LogP contribution in [0.4, 0.5) is 0 Å². The molecule has 0 aliphatic heterocycles.